The molecule has 0 bridgehead atoms. The zero-order valence-corrected chi connectivity index (χ0v) is 11.8. The fourth-order valence-electron chi connectivity index (χ4n) is 3.25. The first-order valence-corrected chi connectivity index (χ1v) is 7.36. The summed E-state index contributed by atoms with van der Waals surface area (Å²) in [4.78, 5) is 11.3. The zero-order valence-electron chi connectivity index (χ0n) is 11.8. The first-order chi connectivity index (χ1) is 9.06. The van der Waals surface area contributed by atoms with E-state index in [1.807, 2.05) is 13.1 Å². The average molecular weight is 261 g/mol. The van der Waals surface area contributed by atoms with Gasteiger partial charge < -0.3 is 10.0 Å². The molecule has 0 amide bonds. The van der Waals surface area contributed by atoms with Crippen LogP contribution in [0.2, 0.25) is 0 Å². The molecule has 4 nitrogen and oxygen atoms in total. The molecule has 1 aliphatic heterocycles. The van der Waals surface area contributed by atoms with Crippen LogP contribution >= 0.6 is 0 Å². The maximum absolute atomic E-state index is 10.3. The summed E-state index contributed by atoms with van der Waals surface area (Å²) in [6.45, 7) is 5.45. The van der Waals surface area contributed by atoms with Gasteiger partial charge in [-0.15, -0.1) is 0 Å². The van der Waals surface area contributed by atoms with E-state index in [1.54, 1.807) is 0 Å². The molecular formula is C15H23N3O. The second-order valence-electron chi connectivity index (χ2n) is 6.40. The molecule has 0 aromatic carbocycles. The van der Waals surface area contributed by atoms with E-state index >= 15 is 0 Å². The van der Waals surface area contributed by atoms with Crippen molar-refractivity contribution in [2.24, 2.45) is 5.92 Å². The number of hydrogen-bond donors (Lipinski definition) is 1. The zero-order chi connectivity index (χ0) is 13.5. The van der Waals surface area contributed by atoms with Crippen molar-refractivity contribution in [2.45, 2.75) is 51.0 Å². The Morgan fingerprint density at radius 3 is 2.74 bits per heavy atom. The van der Waals surface area contributed by atoms with Gasteiger partial charge in [0.25, 0.3) is 0 Å². The van der Waals surface area contributed by atoms with Gasteiger partial charge in [0.1, 0.15) is 0 Å². The van der Waals surface area contributed by atoms with E-state index in [-0.39, 0.29) is 5.92 Å². The van der Waals surface area contributed by atoms with Gasteiger partial charge in [-0.1, -0.05) is 19.8 Å². The summed E-state index contributed by atoms with van der Waals surface area (Å²) in [5.41, 5.74) is 0.550. The maximum Gasteiger partial charge on any atom is 0.225 e. The van der Waals surface area contributed by atoms with Crippen molar-refractivity contribution in [3.63, 3.8) is 0 Å². The number of hydrogen-bond acceptors (Lipinski definition) is 4. The monoisotopic (exact) mass is 261 g/mol. The SMILES string of the molecule is CC1CN(c2nccc(C3CCCC3)n2)CC1(C)O. The van der Waals surface area contributed by atoms with Crippen molar-refractivity contribution >= 4 is 5.95 Å². The summed E-state index contributed by atoms with van der Waals surface area (Å²) < 4.78 is 0. The third-order valence-electron chi connectivity index (χ3n) is 4.79. The number of β-amino-alcohol motifs (C(OH)–C–C–N with tert-alkyl or cyclic N) is 1. The summed E-state index contributed by atoms with van der Waals surface area (Å²) in [6.07, 6.45) is 7.02. The van der Waals surface area contributed by atoms with Gasteiger partial charge in [-0.05, 0) is 25.8 Å². The minimum absolute atomic E-state index is 0.256. The molecule has 3 rings (SSSR count). The molecule has 2 atom stereocenters. The van der Waals surface area contributed by atoms with Gasteiger partial charge in [-0.3, -0.25) is 0 Å². The first-order valence-electron chi connectivity index (χ1n) is 7.36. The molecule has 2 fully saturated rings. The highest BCUT2D eigenvalue weighted by atomic mass is 16.3. The molecule has 0 radical (unpaired) electrons. The van der Waals surface area contributed by atoms with Gasteiger partial charge in [-0.25, -0.2) is 9.97 Å². The predicted octanol–water partition coefficient (Wildman–Crippen LogP) is 2.34. The van der Waals surface area contributed by atoms with Crippen molar-refractivity contribution in [3.05, 3.63) is 18.0 Å². The lowest BCUT2D eigenvalue weighted by atomic mass is 9.95. The van der Waals surface area contributed by atoms with E-state index in [2.05, 4.69) is 22.9 Å². The van der Waals surface area contributed by atoms with Crippen LogP contribution in [0.4, 0.5) is 5.95 Å². The number of rotatable bonds is 2. The maximum atomic E-state index is 10.3. The van der Waals surface area contributed by atoms with E-state index in [0.29, 0.717) is 12.5 Å². The molecule has 19 heavy (non-hydrogen) atoms. The highest BCUT2D eigenvalue weighted by Crippen LogP contribution is 2.34. The summed E-state index contributed by atoms with van der Waals surface area (Å²) in [7, 11) is 0. The van der Waals surface area contributed by atoms with Crippen LogP contribution in [0.25, 0.3) is 0 Å². The van der Waals surface area contributed by atoms with Crippen LogP contribution in [-0.2, 0) is 0 Å². The molecule has 1 saturated carbocycles. The Morgan fingerprint density at radius 2 is 2.11 bits per heavy atom. The van der Waals surface area contributed by atoms with Crippen molar-refractivity contribution in [2.75, 3.05) is 18.0 Å². The normalized spacial score (nSPS) is 32.2. The van der Waals surface area contributed by atoms with Crippen LogP contribution in [0.5, 0.6) is 0 Å². The predicted molar refractivity (Wildman–Crippen MR) is 75.2 cm³/mol. The molecule has 2 aliphatic rings. The van der Waals surface area contributed by atoms with Crippen LogP contribution in [-0.4, -0.2) is 33.8 Å². The molecule has 1 saturated heterocycles. The minimum atomic E-state index is -0.632. The van der Waals surface area contributed by atoms with Crippen molar-refractivity contribution < 1.29 is 5.11 Å². The van der Waals surface area contributed by atoms with Crippen LogP contribution in [0.1, 0.15) is 51.1 Å². The summed E-state index contributed by atoms with van der Waals surface area (Å²) in [5.74, 6) is 1.66. The molecule has 2 heterocycles. The molecular weight excluding hydrogens is 238 g/mol. The van der Waals surface area contributed by atoms with Gasteiger partial charge >= 0.3 is 0 Å². The van der Waals surface area contributed by atoms with Crippen LogP contribution in [0.3, 0.4) is 0 Å². The smallest absolute Gasteiger partial charge is 0.225 e. The summed E-state index contributed by atoms with van der Waals surface area (Å²) in [5, 5.41) is 10.3. The Labute approximate surface area is 114 Å². The van der Waals surface area contributed by atoms with E-state index in [4.69, 9.17) is 4.98 Å². The lowest BCUT2D eigenvalue weighted by Crippen LogP contribution is -2.33. The number of aliphatic hydroxyl groups is 1. The molecule has 0 spiro atoms. The Hall–Kier alpha value is -1.16. The molecule has 2 unspecified atom stereocenters. The van der Waals surface area contributed by atoms with Crippen LogP contribution in [0.15, 0.2) is 12.3 Å². The Kier molecular flexibility index (Phi) is 3.21. The highest BCUT2D eigenvalue weighted by molar-refractivity contribution is 5.35. The molecule has 4 heteroatoms. The first kappa shape index (κ1) is 12.9. The molecule has 1 N–H and O–H groups in total. The van der Waals surface area contributed by atoms with Gasteiger partial charge in [0.05, 0.1) is 5.60 Å². The van der Waals surface area contributed by atoms with E-state index in [9.17, 15) is 5.11 Å². The number of aromatic nitrogens is 2. The summed E-state index contributed by atoms with van der Waals surface area (Å²) >= 11 is 0. The molecule has 1 aromatic heterocycles. The summed E-state index contributed by atoms with van der Waals surface area (Å²) in [6, 6.07) is 2.05. The third kappa shape index (κ3) is 2.46. The fraction of sp³-hybridized carbons (Fsp3) is 0.733. The number of nitrogens with zero attached hydrogens (tertiary/aromatic N) is 3. The van der Waals surface area contributed by atoms with Gasteiger partial charge in [0, 0.05) is 36.8 Å². The molecule has 1 aliphatic carbocycles. The second kappa shape index (κ2) is 4.75. The van der Waals surface area contributed by atoms with Crippen molar-refractivity contribution in [3.8, 4) is 0 Å². The molecule has 1 aromatic rings. The van der Waals surface area contributed by atoms with Gasteiger partial charge in [0.2, 0.25) is 5.95 Å². The minimum Gasteiger partial charge on any atom is -0.388 e. The topological polar surface area (TPSA) is 49.2 Å². The fourth-order valence-corrected chi connectivity index (χ4v) is 3.25. The third-order valence-corrected chi connectivity index (χ3v) is 4.79. The Bertz CT molecular complexity index is 454. The standard InChI is InChI=1S/C15H23N3O/c1-11-9-18(10-15(11,2)19)14-16-8-7-13(17-14)12-5-3-4-6-12/h7-8,11-12,19H,3-6,9-10H2,1-2H3. The van der Waals surface area contributed by atoms with Gasteiger partial charge in [-0.2, -0.15) is 0 Å². The van der Waals surface area contributed by atoms with E-state index in [0.717, 1.165) is 12.5 Å². The van der Waals surface area contributed by atoms with Crippen LogP contribution in [0, 0.1) is 5.92 Å². The van der Waals surface area contributed by atoms with Crippen molar-refractivity contribution in [1.82, 2.24) is 9.97 Å². The van der Waals surface area contributed by atoms with Gasteiger partial charge in [0.15, 0.2) is 0 Å². The molecule has 104 valence electrons. The van der Waals surface area contributed by atoms with Crippen LogP contribution < -0.4 is 4.90 Å². The Morgan fingerprint density at radius 1 is 1.37 bits per heavy atom. The largest absolute Gasteiger partial charge is 0.388 e. The lowest BCUT2D eigenvalue weighted by molar-refractivity contribution is 0.0443. The highest BCUT2D eigenvalue weighted by Gasteiger charge is 2.39. The number of anilines is 1. The average Bonchev–Trinajstić information content (AvgIpc) is 2.99. The second-order valence-corrected chi connectivity index (χ2v) is 6.40. The van der Waals surface area contributed by atoms with Crippen molar-refractivity contribution in [1.29, 1.82) is 0 Å². The van der Waals surface area contributed by atoms with E-state index in [1.165, 1.54) is 31.4 Å². The lowest BCUT2D eigenvalue weighted by Gasteiger charge is -2.21. The quantitative estimate of drug-likeness (QED) is 0.887. The van der Waals surface area contributed by atoms with E-state index < -0.39 is 5.60 Å². The Balaban J connectivity index is 1.80.